The molecule has 1 atom stereocenters. The Morgan fingerprint density at radius 3 is 2.67 bits per heavy atom. The van der Waals surface area contributed by atoms with Crippen molar-refractivity contribution in [2.24, 2.45) is 5.73 Å². The van der Waals surface area contributed by atoms with E-state index < -0.39 is 20.6 Å². The highest BCUT2D eigenvalue weighted by Crippen LogP contribution is 2.28. The molecule has 0 amide bonds. The number of hydrogen-bond acceptors (Lipinski definition) is 6. The lowest BCUT2D eigenvalue weighted by atomic mass is 10.2. The van der Waals surface area contributed by atoms with E-state index in [2.05, 4.69) is 0 Å². The van der Waals surface area contributed by atoms with Gasteiger partial charge in [-0.2, -0.15) is 4.31 Å². The van der Waals surface area contributed by atoms with Gasteiger partial charge >= 0.3 is 0 Å². The van der Waals surface area contributed by atoms with Gasteiger partial charge in [0.05, 0.1) is 11.0 Å². The SMILES string of the molecule is CN1CCN(S(=O)(=O)c2ccccc2[N+](=O)[O-])C(CN)C1. The van der Waals surface area contributed by atoms with Crippen LogP contribution in [0.2, 0.25) is 0 Å². The van der Waals surface area contributed by atoms with Crippen molar-refractivity contribution in [3.8, 4) is 0 Å². The number of piperazine rings is 1. The molecule has 0 aromatic heterocycles. The van der Waals surface area contributed by atoms with Gasteiger partial charge in [-0.1, -0.05) is 12.1 Å². The average Bonchev–Trinajstić information content (AvgIpc) is 2.46. The summed E-state index contributed by atoms with van der Waals surface area (Å²) in [5.41, 5.74) is 5.25. The number of nitro benzene ring substituents is 1. The molecule has 0 saturated carbocycles. The van der Waals surface area contributed by atoms with Gasteiger partial charge in [0.25, 0.3) is 5.69 Å². The normalized spacial score (nSPS) is 21.3. The van der Waals surface area contributed by atoms with Crippen LogP contribution >= 0.6 is 0 Å². The number of sulfonamides is 1. The molecule has 2 N–H and O–H groups in total. The van der Waals surface area contributed by atoms with Crippen LogP contribution in [0.1, 0.15) is 0 Å². The largest absolute Gasteiger partial charge is 0.329 e. The Hall–Kier alpha value is -1.55. The molecule has 1 unspecified atom stereocenters. The van der Waals surface area contributed by atoms with Crippen LogP contribution in [0.5, 0.6) is 0 Å². The molecule has 2 rings (SSSR count). The molecule has 1 aromatic rings. The Balaban J connectivity index is 2.45. The van der Waals surface area contributed by atoms with E-state index in [1.165, 1.54) is 28.6 Å². The predicted octanol–water partition coefficient (Wildman–Crippen LogP) is -0.142. The Morgan fingerprint density at radius 2 is 2.05 bits per heavy atom. The molecular formula is C12H18N4O4S. The van der Waals surface area contributed by atoms with Crippen LogP contribution in [-0.2, 0) is 10.0 Å². The molecule has 0 bridgehead atoms. The lowest BCUT2D eigenvalue weighted by Gasteiger charge is -2.38. The van der Waals surface area contributed by atoms with E-state index in [-0.39, 0.29) is 24.0 Å². The number of rotatable bonds is 4. The Kier molecular flexibility index (Phi) is 4.57. The van der Waals surface area contributed by atoms with E-state index in [4.69, 9.17) is 5.73 Å². The van der Waals surface area contributed by atoms with Crippen molar-refractivity contribution in [2.75, 3.05) is 33.2 Å². The number of nitrogens with two attached hydrogens (primary N) is 1. The van der Waals surface area contributed by atoms with Gasteiger partial charge in [-0.3, -0.25) is 10.1 Å². The first kappa shape index (κ1) is 15.8. The van der Waals surface area contributed by atoms with Crippen LogP contribution in [0.3, 0.4) is 0 Å². The van der Waals surface area contributed by atoms with E-state index in [9.17, 15) is 18.5 Å². The van der Waals surface area contributed by atoms with Crippen LogP contribution in [0, 0.1) is 10.1 Å². The highest BCUT2D eigenvalue weighted by molar-refractivity contribution is 7.89. The third-order valence-electron chi connectivity index (χ3n) is 3.55. The number of para-hydroxylation sites is 1. The summed E-state index contributed by atoms with van der Waals surface area (Å²) in [4.78, 5) is 12.1. The topological polar surface area (TPSA) is 110 Å². The molecule has 1 fully saturated rings. The zero-order chi connectivity index (χ0) is 15.6. The average molecular weight is 314 g/mol. The first-order chi connectivity index (χ1) is 9.87. The van der Waals surface area contributed by atoms with Crippen molar-refractivity contribution >= 4 is 15.7 Å². The molecule has 21 heavy (non-hydrogen) atoms. The second kappa shape index (κ2) is 6.06. The Labute approximate surface area is 123 Å². The van der Waals surface area contributed by atoms with Crippen LogP contribution in [0.15, 0.2) is 29.2 Å². The van der Waals surface area contributed by atoms with Crippen molar-refractivity contribution in [1.82, 2.24) is 9.21 Å². The summed E-state index contributed by atoms with van der Waals surface area (Å²) in [5.74, 6) is 0. The highest BCUT2D eigenvalue weighted by atomic mass is 32.2. The van der Waals surface area contributed by atoms with Gasteiger partial charge < -0.3 is 10.6 Å². The minimum absolute atomic E-state index is 0.171. The zero-order valence-electron chi connectivity index (χ0n) is 11.7. The van der Waals surface area contributed by atoms with E-state index in [0.29, 0.717) is 13.1 Å². The van der Waals surface area contributed by atoms with E-state index in [0.717, 1.165) is 0 Å². The summed E-state index contributed by atoms with van der Waals surface area (Å²) < 4.78 is 26.7. The molecule has 0 aliphatic carbocycles. The number of nitro groups is 1. The van der Waals surface area contributed by atoms with Crippen LogP contribution in [-0.4, -0.2) is 61.8 Å². The summed E-state index contributed by atoms with van der Waals surface area (Å²) in [6.07, 6.45) is 0. The van der Waals surface area contributed by atoms with Crippen molar-refractivity contribution < 1.29 is 13.3 Å². The van der Waals surface area contributed by atoms with Crippen molar-refractivity contribution in [2.45, 2.75) is 10.9 Å². The van der Waals surface area contributed by atoms with Crippen molar-refractivity contribution in [3.05, 3.63) is 34.4 Å². The number of hydrogen-bond donors (Lipinski definition) is 1. The van der Waals surface area contributed by atoms with Gasteiger partial charge in [-0.15, -0.1) is 0 Å². The maximum Gasteiger partial charge on any atom is 0.289 e. The number of nitrogens with zero attached hydrogens (tertiary/aromatic N) is 3. The summed E-state index contributed by atoms with van der Waals surface area (Å²) in [6.45, 7) is 1.52. The van der Waals surface area contributed by atoms with Crippen LogP contribution in [0.4, 0.5) is 5.69 Å². The third-order valence-corrected chi connectivity index (χ3v) is 5.55. The quantitative estimate of drug-likeness (QED) is 0.612. The summed E-state index contributed by atoms with van der Waals surface area (Å²) in [7, 11) is -2.05. The molecule has 8 nitrogen and oxygen atoms in total. The fraction of sp³-hybridized carbons (Fsp3) is 0.500. The minimum Gasteiger partial charge on any atom is -0.329 e. The second-order valence-electron chi connectivity index (χ2n) is 4.99. The van der Waals surface area contributed by atoms with Gasteiger partial charge in [-0.05, 0) is 13.1 Å². The summed E-state index contributed by atoms with van der Waals surface area (Å²) in [5, 5.41) is 11.0. The Morgan fingerprint density at radius 1 is 1.38 bits per heavy atom. The smallest absolute Gasteiger partial charge is 0.289 e. The standard InChI is InChI=1S/C12H18N4O4S/c1-14-6-7-15(10(8-13)9-14)21(19,20)12-5-3-2-4-11(12)16(17)18/h2-5,10H,6-9,13H2,1H3. The van der Waals surface area contributed by atoms with E-state index >= 15 is 0 Å². The molecule has 1 saturated heterocycles. The first-order valence-electron chi connectivity index (χ1n) is 6.51. The van der Waals surface area contributed by atoms with Gasteiger partial charge in [0.2, 0.25) is 10.0 Å². The third kappa shape index (κ3) is 3.05. The molecular weight excluding hydrogens is 296 g/mol. The lowest BCUT2D eigenvalue weighted by molar-refractivity contribution is -0.387. The Bertz CT molecular complexity index is 634. The zero-order valence-corrected chi connectivity index (χ0v) is 12.5. The van der Waals surface area contributed by atoms with Crippen molar-refractivity contribution in [3.63, 3.8) is 0 Å². The van der Waals surface area contributed by atoms with Crippen molar-refractivity contribution in [1.29, 1.82) is 0 Å². The van der Waals surface area contributed by atoms with Crippen LogP contribution in [0.25, 0.3) is 0 Å². The number of benzene rings is 1. The fourth-order valence-electron chi connectivity index (χ4n) is 2.45. The van der Waals surface area contributed by atoms with E-state index in [1.807, 2.05) is 11.9 Å². The molecule has 0 radical (unpaired) electrons. The molecule has 0 spiro atoms. The molecule has 1 aromatic carbocycles. The van der Waals surface area contributed by atoms with Gasteiger partial charge in [-0.25, -0.2) is 8.42 Å². The fourth-order valence-corrected chi connectivity index (χ4v) is 4.23. The van der Waals surface area contributed by atoms with Gasteiger partial charge in [0, 0.05) is 32.2 Å². The second-order valence-corrected chi connectivity index (χ2v) is 6.85. The minimum atomic E-state index is -3.94. The monoisotopic (exact) mass is 314 g/mol. The first-order valence-corrected chi connectivity index (χ1v) is 7.96. The molecule has 1 aliphatic rings. The number of likely N-dealkylation sites (N-methyl/N-ethyl adjacent to an activating group) is 1. The molecule has 9 heteroatoms. The summed E-state index contributed by atoms with van der Waals surface area (Å²) >= 11 is 0. The molecule has 116 valence electrons. The molecule has 1 aliphatic heterocycles. The summed E-state index contributed by atoms with van der Waals surface area (Å²) in [6, 6.07) is 5.00. The predicted molar refractivity (Wildman–Crippen MR) is 77.3 cm³/mol. The van der Waals surface area contributed by atoms with Gasteiger partial charge in [0.15, 0.2) is 4.90 Å². The molecule has 1 heterocycles. The highest BCUT2D eigenvalue weighted by Gasteiger charge is 2.37. The van der Waals surface area contributed by atoms with Crippen LogP contribution < -0.4 is 5.73 Å². The maximum absolute atomic E-state index is 12.7. The van der Waals surface area contributed by atoms with E-state index in [1.54, 1.807) is 0 Å². The lowest BCUT2D eigenvalue weighted by Crippen LogP contribution is -2.56. The van der Waals surface area contributed by atoms with Gasteiger partial charge in [0.1, 0.15) is 0 Å². The maximum atomic E-state index is 12.7.